The van der Waals surface area contributed by atoms with Gasteiger partial charge in [-0.05, 0) is 23.6 Å². The summed E-state index contributed by atoms with van der Waals surface area (Å²) in [6, 6.07) is 7.93. The van der Waals surface area contributed by atoms with E-state index in [4.69, 9.17) is 4.74 Å². The van der Waals surface area contributed by atoms with Crippen LogP contribution in [0.4, 0.5) is 5.82 Å². The first-order valence-corrected chi connectivity index (χ1v) is 5.12. The van der Waals surface area contributed by atoms with Gasteiger partial charge in [-0.2, -0.15) is 0 Å². The Bertz CT molecular complexity index is 508. The highest BCUT2D eigenvalue weighted by Crippen LogP contribution is 2.25. The first-order chi connectivity index (χ1) is 7.85. The van der Waals surface area contributed by atoms with E-state index in [-0.39, 0.29) is 0 Å². The summed E-state index contributed by atoms with van der Waals surface area (Å²) in [5, 5.41) is 5.40. The van der Waals surface area contributed by atoms with Gasteiger partial charge in [0.1, 0.15) is 11.6 Å². The Morgan fingerprint density at radius 2 is 2.31 bits per heavy atom. The molecule has 1 N–H and O–H groups in total. The zero-order chi connectivity index (χ0) is 11.4. The van der Waals surface area contributed by atoms with Crippen LogP contribution in [0, 0.1) is 0 Å². The number of anilines is 1. The van der Waals surface area contributed by atoms with Crippen LogP contribution < -0.4 is 10.1 Å². The molecule has 0 saturated heterocycles. The van der Waals surface area contributed by atoms with E-state index < -0.39 is 0 Å². The van der Waals surface area contributed by atoms with Crippen LogP contribution in [0.25, 0.3) is 10.8 Å². The number of rotatable bonds is 4. The van der Waals surface area contributed by atoms with E-state index in [0.717, 1.165) is 22.3 Å². The quantitative estimate of drug-likeness (QED) is 0.795. The molecule has 0 aliphatic rings. The van der Waals surface area contributed by atoms with Gasteiger partial charge in [0.15, 0.2) is 0 Å². The Kier molecular flexibility index (Phi) is 3.05. The lowest BCUT2D eigenvalue weighted by atomic mass is 10.1. The number of aromatic nitrogens is 1. The minimum absolute atomic E-state index is 0.698. The minimum atomic E-state index is 0.698. The molecular formula is C13H14N2O. The summed E-state index contributed by atoms with van der Waals surface area (Å²) in [5.41, 5.74) is 0. The number of pyridine rings is 1. The third kappa shape index (κ3) is 1.98. The standard InChI is InChI=1S/C13H14N2O/c1-3-7-14-13-12-9-11(16-2)5-4-10(12)6-8-15-13/h3-6,8-9H,1,7H2,2H3,(H,14,15). The minimum Gasteiger partial charge on any atom is -0.497 e. The molecule has 0 amide bonds. The first kappa shape index (κ1) is 10.5. The number of nitrogens with one attached hydrogen (secondary N) is 1. The Morgan fingerprint density at radius 3 is 3.06 bits per heavy atom. The van der Waals surface area contributed by atoms with Gasteiger partial charge in [-0.25, -0.2) is 4.98 Å². The van der Waals surface area contributed by atoms with E-state index in [2.05, 4.69) is 16.9 Å². The molecule has 1 aromatic heterocycles. The molecule has 16 heavy (non-hydrogen) atoms. The van der Waals surface area contributed by atoms with Gasteiger partial charge in [0, 0.05) is 18.1 Å². The number of nitrogens with zero attached hydrogens (tertiary/aromatic N) is 1. The molecule has 3 heteroatoms. The molecule has 1 aromatic carbocycles. The third-order valence-corrected chi connectivity index (χ3v) is 2.39. The summed E-state index contributed by atoms with van der Waals surface area (Å²) in [4.78, 5) is 4.31. The highest BCUT2D eigenvalue weighted by molar-refractivity contribution is 5.92. The van der Waals surface area contributed by atoms with Crippen molar-refractivity contribution in [2.75, 3.05) is 19.0 Å². The molecule has 0 bridgehead atoms. The number of fused-ring (bicyclic) bond motifs is 1. The summed E-state index contributed by atoms with van der Waals surface area (Å²) in [6.07, 6.45) is 3.60. The maximum Gasteiger partial charge on any atom is 0.134 e. The highest BCUT2D eigenvalue weighted by atomic mass is 16.5. The molecular weight excluding hydrogens is 200 g/mol. The van der Waals surface area contributed by atoms with E-state index >= 15 is 0 Å². The molecule has 1 heterocycles. The summed E-state index contributed by atoms with van der Waals surface area (Å²) < 4.78 is 5.21. The molecule has 0 atom stereocenters. The van der Waals surface area contributed by atoms with E-state index in [1.54, 1.807) is 19.4 Å². The molecule has 0 aliphatic carbocycles. The Morgan fingerprint density at radius 1 is 1.44 bits per heavy atom. The smallest absolute Gasteiger partial charge is 0.134 e. The average Bonchev–Trinajstić information content (AvgIpc) is 2.35. The molecule has 2 aromatic rings. The lowest BCUT2D eigenvalue weighted by molar-refractivity contribution is 0.415. The largest absolute Gasteiger partial charge is 0.497 e. The van der Waals surface area contributed by atoms with E-state index in [9.17, 15) is 0 Å². The van der Waals surface area contributed by atoms with Gasteiger partial charge < -0.3 is 10.1 Å². The van der Waals surface area contributed by atoms with Crippen molar-refractivity contribution in [3.05, 3.63) is 43.1 Å². The summed E-state index contributed by atoms with van der Waals surface area (Å²) in [6.45, 7) is 4.37. The topological polar surface area (TPSA) is 34.2 Å². The van der Waals surface area contributed by atoms with E-state index in [1.807, 2.05) is 24.3 Å². The SMILES string of the molecule is C=CCNc1nccc2ccc(OC)cc12. The lowest BCUT2D eigenvalue weighted by Gasteiger charge is -2.08. The van der Waals surface area contributed by atoms with Crippen molar-refractivity contribution in [2.24, 2.45) is 0 Å². The van der Waals surface area contributed by atoms with Gasteiger partial charge in [-0.15, -0.1) is 6.58 Å². The molecule has 0 saturated carbocycles. The average molecular weight is 214 g/mol. The predicted octanol–water partition coefficient (Wildman–Crippen LogP) is 2.84. The zero-order valence-electron chi connectivity index (χ0n) is 9.23. The van der Waals surface area contributed by atoms with Crippen LogP contribution in [0.1, 0.15) is 0 Å². The van der Waals surface area contributed by atoms with Crippen molar-refractivity contribution in [2.45, 2.75) is 0 Å². The lowest BCUT2D eigenvalue weighted by Crippen LogP contribution is -2.00. The summed E-state index contributed by atoms with van der Waals surface area (Å²) in [7, 11) is 1.66. The van der Waals surface area contributed by atoms with E-state index in [1.165, 1.54) is 0 Å². The van der Waals surface area contributed by atoms with Crippen LogP contribution in [0.5, 0.6) is 5.75 Å². The molecule has 0 spiro atoms. The predicted molar refractivity (Wildman–Crippen MR) is 67.0 cm³/mol. The van der Waals surface area contributed by atoms with Crippen molar-refractivity contribution in [3.63, 3.8) is 0 Å². The highest BCUT2D eigenvalue weighted by Gasteiger charge is 2.02. The van der Waals surface area contributed by atoms with Crippen LogP contribution in [0.2, 0.25) is 0 Å². The zero-order valence-corrected chi connectivity index (χ0v) is 9.23. The second-order valence-corrected chi connectivity index (χ2v) is 3.42. The van der Waals surface area contributed by atoms with Crippen LogP contribution >= 0.6 is 0 Å². The van der Waals surface area contributed by atoms with Crippen LogP contribution in [0.15, 0.2) is 43.1 Å². The number of benzene rings is 1. The fourth-order valence-corrected chi connectivity index (χ4v) is 1.58. The van der Waals surface area contributed by atoms with Crippen LogP contribution in [-0.2, 0) is 0 Å². The first-order valence-electron chi connectivity index (χ1n) is 5.12. The monoisotopic (exact) mass is 214 g/mol. The van der Waals surface area contributed by atoms with Gasteiger partial charge in [0.2, 0.25) is 0 Å². The molecule has 82 valence electrons. The Hall–Kier alpha value is -2.03. The second kappa shape index (κ2) is 4.66. The fraction of sp³-hybridized carbons (Fsp3) is 0.154. The molecule has 2 rings (SSSR count). The van der Waals surface area contributed by atoms with Gasteiger partial charge in [0.05, 0.1) is 7.11 Å². The molecule has 0 unspecified atom stereocenters. The maximum atomic E-state index is 5.21. The number of hydrogen-bond acceptors (Lipinski definition) is 3. The van der Waals surface area contributed by atoms with Crippen molar-refractivity contribution in [1.82, 2.24) is 4.98 Å². The summed E-state index contributed by atoms with van der Waals surface area (Å²) in [5.74, 6) is 1.69. The van der Waals surface area contributed by atoms with Crippen molar-refractivity contribution >= 4 is 16.6 Å². The number of ether oxygens (including phenoxy) is 1. The molecule has 3 nitrogen and oxygen atoms in total. The normalized spacial score (nSPS) is 10.1. The Balaban J connectivity index is 2.50. The number of methoxy groups -OCH3 is 1. The maximum absolute atomic E-state index is 5.21. The van der Waals surface area contributed by atoms with Gasteiger partial charge >= 0.3 is 0 Å². The Labute approximate surface area is 94.8 Å². The third-order valence-electron chi connectivity index (χ3n) is 2.39. The van der Waals surface area contributed by atoms with Gasteiger partial charge in [-0.3, -0.25) is 0 Å². The molecule has 0 radical (unpaired) electrons. The molecule has 0 fully saturated rings. The van der Waals surface area contributed by atoms with Crippen LogP contribution in [0.3, 0.4) is 0 Å². The fourth-order valence-electron chi connectivity index (χ4n) is 1.58. The van der Waals surface area contributed by atoms with Crippen molar-refractivity contribution < 1.29 is 4.74 Å². The van der Waals surface area contributed by atoms with Crippen molar-refractivity contribution in [1.29, 1.82) is 0 Å². The summed E-state index contributed by atoms with van der Waals surface area (Å²) >= 11 is 0. The molecule has 0 aliphatic heterocycles. The van der Waals surface area contributed by atoms with Gasteiger partial charge in [0.25, 0.3) is 0 Å². The second-order valence-electron chi connectivity index (χ2n) is 3.42. The van der Waals surface area contributed by atoms with Crippen LogP contribution in [-0.4, -0.2) is 18.6 Å². The van der Waals surface area contributed by atoms with Gasteiger partial charge in [-0.1, -0.05) is 12.1 Å². The van der Waals surface area contributed by atoms with Crippen molar-refractivity contribution in [3.8, 4) is 5.75 Å². The number of hydrogen-bond donors (Lipinski definition) is 1. The van der Waals surface area contributed by atoms with E-state index in [0.29, 0.717) is 6.54 Å².